The fourth-order valence-corrected chi connectivity index (χ4v) is 1.65. The molecular weight excluding hydrogens is 204 g/mol. The van der Waals surface area contributed by atoms with Crippen LogP contribution in [0.25, 0.3) is 0 Å². The molecule has 0 saturated carbocycles. The average Bonchev–Trinajstić information content (AvgIpc) is 2.87. The first-order valence-corrected chi connectivity index (χ1v) is 5.37. The Labute approximate surface area is 94.6 Å². The van der Waals surface area contributed by atoms with E-state index in [4.69, 9.17) is 8.94 Å². The molecule has 0 spiro atoms. The molecule has 0 unspecified atom stereocenters. The summed E-state index contributed by atoms with van der Waals surface area (Å²) in [4.78, 5) is 0. The van der Waals surface area contributed by atoms with Gasteiger partial charge in [0.15, 0.2) is 0 Å². The summed E-state index contributed by atoms with van der Waals surface area (Å²) < 4.78 is 10.4. The monoisotopic (exact) mass is 220 g/mol. The van der Waals surface area contributed by atoms with E-state index in [-0.39, 0.29) is 6.04 Å². The Morgan fingerprint density at radius 3 is 2.81 bits per heavy atom. The number of aryl methyl sites for hydroxylation is 2. The maximum Gasteiger partial charge on any atom is 0.138 e. The molecule has 2 aromatic rings. The summed E-state index contributed by atoms with van der Waals surface area (Å²) in [5.41, 5.74) is 2.06. The van der Waals surface area contributed by atoms with Gasteiger partial charge in [-0.25, -0.2) is 0 Å². The molecule has 86 valence electrons. The molecule has 0 radical (unpaired) electrons. The van der Waals surface area contributed by atoms with E-state index >= 15 is 0 Å². The van der Waals surface area contributed by atoms with Crippen LogP contribution in [0.3, 0.4) is 0 Å². The zero-order chi connectivity index (χ0) is 11.5. The minimum atomic E-state index is 0.184. The van der Waals surface area contributed by atoms with E-state index in [2.05, 4.69) is 17.4 Å². The van der Waals surface area contributed by atoms with Gasteiger partial charge in [-0.1, -0.05) is 5.16 Å². The normalized spacial score (nSPS) is 12.9. The van der Waals surface area contributed by atoms with Crippen LogP contribution in [0, 0.1) is 13.8 Å². The fraction of sp³-hybridized carbons (Fsp3) is 0.417. The van der Waals surface area contributed by atoms with Gasteiger partial charge in [0.1, 0.15) is 11.5 Å². The molecule has 2 aromatic heterocycles. The standard InChI is InChI=1S/C12H16N2O2/c1-8-11(10(3)16-14-8)7-13-9(2)12-5-4-6-15-12/h4-6,9,13H,7H2,1-3H3/t9-/m1/s1. The maximum absolute atomic E-state index is 5.32. The minimum absolute atomic E-state index is 0.184. The second-order valence-corrected chi connectivity index (χ2v) is 3.92. The van der Waals surface area contributed by atoms with Crippen molar-refractivity contribution in [3.63, 3.8) is 0 Å². The van der Waals surface area contributed by atoms with Crippen molar-refractivity contribution in [3.8, 4) is 0 Å². The molecular formula is C12H16N2O2. The van der Waals surface area contributed by atoms with E-state index in [1.165, 1.54) is 0 Å². The predicted octanol–water partition coefficient (Wildman–Crippen LogP) is 2.74. The summed E-state index contributed by atoms with van der Waals surface area (Å²) in [6.45, 7) is 6.68. The molecule has 0 aromatic carbocycles. The molecule has 0 saturated heterocycles. The van der Waals surface area contributed by atoms with Crippen molar-refractivity contribution in [1.82, 2.24) is 10.5 Å². The molecule has 4 nitrogen and oxygen atoms in total. The molecule has 1 atom stereocenters. The highest BCUT2D eigenvalue weighted by molar-refractivity contribution is 5.20. The Bertz CT molecular complexity index is 426. The molecule has 16 heavy (non-hydrogen) atoms. The minimum Gasteiger partial charge on any atom is -0.468 e. The molecule has 2 rings (SSSR count). The van der Waals surface area contributed by atoms with E-state index in [1.807, 2.05) is 26.0 Å². The quantitative estimate of drug-likeness (QED) is 0.860. The van der Waals surface area contributed by atoms with Gasteiger partial charge in [-0.3, -0.25) is 0 Å². The molecule has 0 bridgehead atoms. The number of aromatic nitrogens is 1. The van der Waals surface area contributed by atoms with E-state index in [9.17, 15) is 0 Å². The van der Waals surface area contributed by atoms with Gasteiger partial charge in [0.05, 0.1) is 18.0 Å². The van der Waals surface area contributed by atoms with Crippen molar-refractivity contribution in [2.45, 2.75) is 33.4 Å². The summed E-state index contributed by atoms with van der Waals surface area (Å²) in [5.74, 6) is 1.81. The number of hydrogen-bond donors (Lipinski definition) is 1. The van der Waals surface area contributed by atoms with Gasteiger partial charge in [-0.05, 0) is 32.9 Å². The number of hydrogen-bond acceptors (Lipinski definition) is 4. The van der Waals surface area contributed by atoms with Crippen LogP contribution < -0.4 is 5.32 Å². The molecule has 0 fully saturated rings. The zero-order valence-electron chi connectivity index (χ0n) is 9.78. The van der Waals surface area contributed by atoms with Crippen LogP contribution in [0.5, 0.6) is 0 Å². The fourth-order valence-electron chi connectivity index (χ4n) is 1.65. The first-order chi connectivity index (χ1) is 7.68. The summed E-state index contributed by atoms with van der Waals surface area (Å²) >= 11 is 0. The van der Waals surface area contributed by atoms with Gasteiger partial charge in [-0.15, -0.1) is 0 Å². The second kappa shape index (κ2) is 4.53. The highest BCUT2D eigenvalue weighted by Crippen LogP contribution is 2.16. The van der Waals surface area contributed by atoms with Crippen molar-refractivity contribution in [2.24, 2.45) is 0 Å². The first kappa shape index (κ1) is 11.0. The van der Waals surface area contributed by atoms with Crippen LogP contribution in [0.2, 0.25) is 0 Å². The van der Waals surface area contributed by atoms with E-state index in [1.54, 1.807) is 6.26 Å². The third kappa shape index (κ3) is 2.17. The van der Waals surface area contributed by atoms with Gasteiger partial charge in [-0.2, -0.15) is 0 Å². The Hall–Kier alpha value is -1.55. The SMILES string of the molecule is Cc1noc(C)c1CN[C@H](C)c1ccco1. The first-order valence-electron chi connectivity index (χ1n) is 5.37. The summed E-state index contributed by atoms with van der Waals surface area (Å²) in [6.07, 6.45) is 1.68. The summed E-state index contributed by atoms with van der Waals surface area (Å²) in [7, 11) is 0. The highest BCUT2D eigenvalue weighted by Gasteiger charge is 2.12. The lowest BCUT2D eigenvalue weighted by molar-refractivity contribution is 0.390. The van der Waals surface area contributed by atoms with Crippen LogP contribution in [0.1, 0.15) is 35.7 Å². The van der Waals surface area contributed by atoms with E-state index in [0.29, 0.717) is 0 Å². The Kier molecular flexibility index (Phi) is 3.10. The van der Waals surface area contributed by atoms with Crippen molar-refractivity contribution in [3.05, 3.63) is 41.2 Å². The lowest BCUT2D eigenvalue weighted by atomic mass is 10.2. The summed E-state index contributed by atoms with van der Waals surface area (Å²) in [5, 5.41) is 7.29. The van der Waals surface area contributed by atoms with E-state index in [0.717, 1.165) is 29.3 Å². The van der Waals surface area contributed by atoms with Gasteiger partial charge in [0.25, 0.3) is 0 Å². The van der Waals surface area contributed by atoms with Crippen molar-refractivity contribution < 1.29 is 8.94 Å². The van der Waals surface area contributed by atoms with Crippen LogP contribution in [-0.2, 0) is 6.54 Å². The van der Waals surface area contributed by atoms with Crippen molar-refractivity contribution in [2.75, 3.05) is 0 Å². The van der Waals surface area contributed by atoms with Gasteiger partial charge >= 0.3 is 0 Å². The molecule has 0 amide bonds. The molecule has 0 aliphatic rings. The van der Waals surface area contributed by atoms with Gasteiger partial charge in [0.2, 0.25) is 0 Å². The molecule has 0 aliphatic heterocycles. The maximum atomic E-state index is 5.32. The van der Waals surface area contributed by atoms with Crippen LogP contribution >= 0.6 is 0 Å². The van der Waals surface area contributed by atoms with E-state index < -0.39 is 0 Å². The topological polar surface area (TPSA) is 51.2 Å². The van der Waals surface area contributed by atoms with Crippen molar-refractivity contribution >= 4 is 0 Å². The van der Waals surface area contributed by atoms with Crippen molar-refractivity contribution in [1.29, 1.82) is 0 Å². The third-order valence-corrected chi connectivity index (χ3v) is 2.74. The van der Waals surface area contributed by atoms with Crippen LogP contribution in [0.4, 0.5) is 0 Å². The van der Waals surface area contributed by atoms with Gasteiger partial charge < -0.3 is 14.3 Å². The smallest absolute Gasteiger partial charge is 0.138 e. The number of nitrogens with one attached hydrogen (secondary N) is 1. The predicted molar refractivity (Wildman–Crippen MR) is 59.9 cm³/mol. The number of nitrogens with zero attached hydrogens (tertiary/aromatic N) is 1. The van der Waals surface area contributed by atoms with Gasteiger partial charge in [0, 0.05) is 12.1 Å². The number of furan rings is 1. The van der Waals surface area contributed by atoms with Crippen LogP contribution in [-0.4, -0.2) is 5.16 Å². The lowest BCUT2D eigenvalue weighted by Gasteiger charge is -2.10. The largest absolute Gasteiger partial charge is 0.468 e. The third-order valence-electron chi connectivity index (χ3n) is 2.74. The van der Waals surface area contributed by atoms with Crippen LogP contribution in [0.15, 0.2) is 27.3 Å². The zero-order valence-corrected chi connectivity index (χ0v) is 9.78. The number of rotatable bonds is 4. The molecule has 4 heteroatoms. The summed E-state index contributed by atoms with van der Waals surface area (Å²) in [6, 6.07) is 4.04. The molecule has 1 N–H and O–H groups in total. The second-order valence-electron chi connectivity index (χ2n) is 3.92. The Morgan fingerprint density at radius 2 is 2.25 bits per heavy atom. The molecule has 0 aliphatic carbocycles. The molecule has 2 heterocycles. The Morgan fingerprint density at radius 1 is 1.44 bits per heavy atom. The lowest BCUT2D eigenvalue weighted by Crippen LogP contribution is -2.18. The Balaban J connectivity index is 1.98. The average molecular weight is 220 g/mol. The highest BCUT2D eigenvalue weighted by atomic mass is 16.5.